The second kappa shape index (κ2) is 8.68. The fourth-order valence-corrected chi connectivity index (χ4v) is 3.06. The van der Waals surface area contributed by atoms with E-state index in [1.54, 1.807) is 13.8 Å². The molecule has 0 spiro atoms. The van der Waals surface area contributed by atoms with Crippen LogP contribution in [0.5, 0.6) is 5.75 Å². The van der Waals surface area contributed by atoms with Crippen LogP contribution >= 0.6 is 0 Å². The first-order valence-corrected chi connectivity index (χ1v) is 9.40. The van der Waals surface area contributed by atoms with E-state index in [0.29, 0.717) is 0 Å². The highest BCUT2D eigenvalue weighted by Crippen LogP contribution is 2.38. The van der Waals surface area contributed by atoms with Crippen molar-refractivity contribution >= 4 is 5.69 Å². The third kappa shape index (κ3) is 3.94. The number of aromatic nitrogens is 2. The number of rotatable bonds is 7. The number of hydrogen-bond donors (Lipinski definition) is 1. The third-order valence-corrected chi connectivity index (χ3v) is 4.35. The normalized spacial score (nSPS) is 22.2. The number of nitrogens with one attached hydrogen (secondary N) is 1. The smallest absolute Gasteiger partial charge is 0.256 e. The van der Waals surface area contributed by atoms with Crippen LogP contribution < -0.4 is 10.1 Å². The van der Waals surface area contributed by atoms with Crippen LogP contribution in [0.2, 0.25) is 0 Å². The summed E-state index contributed by atoms with van der Waals surface area (Å²) in [4.78, 5) is 7.51. The molecule has 154 valence electrons. The summed E-state index contributed by atoms with van der Waals surface area (Å²) in [5, 5.41) is 6.78. The lowest BCUT2D eigenvalue weighted by Crippen LogP contribution is -2.19. The molecule has 2 aromatic carbocycles. The van der Waals surface area contributed by atoms with Crippen molar-refractivity contribution in [2.75, 3.05) is 6.54 Å². The quantitative estimate of drug-likeness (QED) is 0.502. The fraction of sp³-hybridized carbons (Fsp3) is 0.375. The van der Waals surface area contributed by atoms with Gasteiger partial charge in [-0.3, -0.25) is 0 Å². The molecule has 6 heteroatoms. The predicted octanol–water partition coefficient (Wildman–Crippen LogP) is 5.73. The first kappa shape index (κ1) is 11.3. The molecule has 0 amide bonds. The van der Waals surface area contributed by atoms with Crippen molar-refractivity contribution in [3.8, 4) is 28.6 Å². The number of hydrogen-bond acceptors (Lipinski definition) is 5. The Balaban J connectivity index is 1.91. The highest BCUT2D eigenvalue weighted by molar-refractivity contribution is 5.70. The summed E-state index contributed by atoms with van der Waals surface area (Å²) < 4.78 is 94.4. The summed E-state index contributed by atoms with van der Waals surface area (Å²) in [6.45, 7) is 12.1. The Morgan fingerprint density at radius 1 is 1.43 bits per heavy atom. The molecule has 0 radical (unpaired) electrons. The van der Waals surface area contributed by atoms with Gasteiger partial charge in [0.05, 0.1) is 19.5 Å². The van der Waals surface area contributed by atoms with Crippen LogP contribution in [-0.2, 0) is 6.37 Å². The first-order valence-electron chi connectivity index (χ1n) is 14.4. The van der Waals surface area contributed by atoms with Crippen LogP contribution in [0.3, 0.4) is 0 Å². The molecule has 1 aliphatic carbocycles. The topological polar surface area (TPSA) is 64.5 Å². The van der Waals surface area contributed by atoms with Gasteiger partial charge in [0.25, 0.3) is 5.89 Å². The maximum atomic E-state index is 8.67. The molecule has 0 saturated carbocycles. The molecular weight excluding hydrogens is 376 g/mol. The van der Waals surface area contributed by atoms with E-state index in [1.165, 1.54) is 6.92 Å². The summed E-state index contributed by atoms with van der Waals surface area (Å²) in [5.74, 6) is -0.957. The zero-order valence-electron chi connectivity index (χ0n) is 26.7. The van der Waals surface area contributed by atoms with E-state index < -0.39 is 61.0 Å². The first-order chi connectivity index (χ1) is 18.5. The highest BCUT2D eigenvalue weighted by atomic mass is 16.5. The van der Waals surface area contributed by atoms with Crippen LogP contribution in [-0.4, -0.2) is 22.8 Å². The van der Waals surface area contributed by atoms with Crippen LogP contribution in [0.15, 0.2) is 40.8 Å². The molecule has 1 aromatic heterocycles. The number of nitrogens with zero attached hydrogens (tertiary/aromatic N) is 3. The maximum absolute atomic E-state index is 8.67. The van der Waals surface area contributed by atoms with Gasteiger partial charge in [-0.05, 0) is 68.8 Å². The van der Waals surface area contributed by atoms with Crippen LogP contribution in [0, 0.1) is 6.57 Å². The molecule has 0 unspecified atom stereocenters. The molecule has 0 aliphatic heterocycles. The summed E-state index contributed by atoms with van der Waals surface area (Å²) in [7, 11) is 0. The second-order valence-corrected chi connectivity index (χ2v) is 6.84. The fourth-order valence-electron chi connectivity index (χ4n) is 3.06. The monoisotopic (exact) mass is 412 g/mol. The molecule has 1 aliphatic rings. The molecule has 0 saturated heterocycles. The number of ether oxygens (including phenoxy) is 1. The molecule has 6 nitrogen and oxygen atoms in total. The van der Waals surface area contributed by atoms with E-state index >= 15 is 0 Å². The van der Waals surface area contributed by atoms with Gasteiger partial charge in [-0.1, -0.05) is 30.2 Å². The minimum absolute atomic E-state index is 0.0953. The lowest BCUT2D eigenvalue weighted by Gasteiger charge is -2.13. The van der Waals surface area contributed by atoms with Crippen molar-refractivity contribution in [1.29, 1.82) is 0 Å². The lowest BCUT2D eigenvalue weighted by atomic mass is 10.0. The molecule has 30 heavy (non-hydrogen) atoms. The van der Waals surface area contributed by atoms with E-state index in [-0.39, 0.29) is 58.5 Å². The van der Waals surface area contributed by atoms with E-state index in [9.17, 15) is 0 Å². The molecule has 0 fully saturated rings. The number of fused-ring (bicyclic) bond motifs is 1. The standard InChI is InChI=1S/C24H26N4O2/c1-5-13-26-20-11-10-17-18(20)7-6-8-19(17)23-27-24(30-28-23)16-9-12-22(29-15(2)3)21(14-16)25-4/h6-9,12,14-15,20,26H,5,10-11,13H2,1-3H3/t20-/m0/s1/i5D2,6D,7D,8D,9D,10D2,12D,14D. The second-order valence-electron chi connectivity index (χ2n) is 6.84. The highest BCUT2D eigenvalue weighted by Gasteiger charge is 2.26. The van der Waals surface area contributed by atoms with Crippen molar-refractivity contribution in [1.82, 2.24) is 15.5 Å². The van der Waals surface area contributed by atoms with Gasteiger partial charge < -0.3 is 14.6 Å². The summed E-state index contributed by atoms with van der Waals surface area (Å²) >= 11 is 0. The van der Waals surface area contributed by atoms with Gasteiger partial charge in [0, 0.05) is 24.0 Å². The van der Waals surface area contributed by atoms with Gasteiger partial charge in [-0.15, -0.1) is 0 Å². The zero-order chi connectivity index (χ0) is 29.9. The van der Waals surface area contributed by atoms with E-state index in [1.807, 2.05) is 0 Å². The average molecular weight is 413 g/mol. The van der Waals surface area contributed by atoms with Gasteiger partial charge in [-0.25, -0.2) is 4.85 Å². The SMILES string of the molecule is [2H]c1c([2H])c(-c2noc(-c3c([2H])c([2H])c(OC(C)C)c([N+]#[C-])c3[2H])n2)c2c(c1[2H])[C@@H](NCC([2H])([2H])C)CC2([2H])[2H]. The summed E-state index contributed by atoms with van der Waals surface area (Å²) in [5.41, 5.74) is -0.836. The molecule has 1 N–H and O–H groups in total. The van der Waals surface area contributed by atoms with Crippen molar-refractivity contribution in [2.45, 2.75) is 52.1 Å². The van der Waals surface area contributed by atoms with Gasteiger partial charge in [0.15, 0.2) is 0 Å². The van der Waals surface area contributed by atoms with Crippen molar-refractivity contribution in [2.24, 2.45) is 0 Å². The Morgan fingerprint density at radius 2 is 2.30 bits per heavy atom. The van der Waals surface area contributed by atoms with Gasteiger partial charge >= 0.3 is 0 Å². The van der Waals surface area contributed by atoms with Crippen molar-refractivity contribution < 1.29 is 23.0 Å². The Labute approximate surface area is 191 Å². The van der Waals surface area contributed by atoms with Crippen LogP contribution in [0.1, 0.15) is 64.4 Å². The van der Waals surface area contributed by atoms with Crippen LogP contribution in [0.25, 0.3) is 27.7 Å². The van der Waals surface area contributed by atoms with E-state index in [4.69, 9.17) is 29.5 Å². The van der Waals surface area contributed by atoms with Crippen molar-refractivity contribution in [3.63, 3.8) is 0 Å². The van der Waals surface area contributed by atoms with Gasteiger partial charge in [0.2, 0.25) is 11.5 Å². The Kier molecular flexibility index (Phi) is 3.27. The molecule has 1 atom stereocenters. The van der Waals surface area contributed by atoms with E-state index in [0.717, 1.165) is 0 Å². The Hall–Kier alpha value is -3.17. The lowest BCUT2D eigenvalue weighted by molar-refractivity contribution is 0.244. The third-order valence-electron chi connectivity index (χ3n) is 4.35. The average Bonchev–Trinajstić information content (AvgIpc) is 3.42. The zero-order valence-corrected chi connectivity index (χ0v) is 16.7. The van der Waals surface area contributed by atoms with E-state index in [2.05, 4.69) is 20.3 Å². The molecule has 4 rings (SSSR count). The Bertz CT molecular complexity index is 1540. The Morgan fingerprint density at radius 3 is 3.07 bits per heavy atom. The molecule has 3 aromatic rings. The van der Waals surface area contributed by atoms with Crippen LogP contribution in [0.4, 0.5) is 5.69 Å². The molecule has 1 heterocycles. The summed E-state index contributed by atoms with van der Waals surface area (Å²) in [6, 6.07) is -3.66. The van der Waals surface area contributed by atoms with Gasteiger partial charge in [-0.2, -0.15) is 4.98 Å². The minimum Gasteiger partial charge on any atom is -0.502 e. The number of benzene rings is 2. The maximum Gasteiger partial charge on any atom is 0.256 e. The van der Waals surface area contributed by atoms with Crippen molar-refractivity contribution in [3.05, 3.63) is 58.8 Å². The summed E-state index contributed by atoms with van der Waals surface area (Å²) in [6.07, 6.45) is -4.34. The predicted molar refractivity (Wildman–Crippen MR) is 117 cm³/mol. The molecule has 0 bridgehead atoms. The van der Waals surface area contributed by atoms with Gasteiger partial charge in [0.1, 0.15) is 5.75 Å². The molecular formula is C24H26N4O2. The largest absolute Gasteiger partial charge is 0.502 e. The minimum atomic E-state index is -2.11.